The van der Waals surface area contributed by atoms with Crippen molar-refractivity contribution in [1.29, 1.82) is 0 Å². The van der Waals surface area contributed by atoms with Crippen LogP contribution >= 0.6 is 0 Å². The lowest BCUT2D eigenvalue weighted by atomic mass is 10.1. The first-order chi connectivity index (χ1) is 13.4. The smallest absolute Gasteiger partial charge is 0.275 e. The predicted molar refractivity (Wildman–Crippen MR) is 100 cm³/mol. The molecule has 0 radical (unpaired) electrons. The minimum absolute atomic E-state index is 0.141. The van der Waals surface area contributed by atoms with Crippen molar-refractivity contribution in [2.75, 3.05) is 5.32 Å². The molecule has 2 aromatic carbocycles. The number of aromatic nitrogens is 2. The van der Waals surface area contributed by atoms with Crippen molar-refractivity contribution in [3.8, 4) is 0 Å². The van der Waals surface area contributed by atoms with Crippen LogP contribution in [0.5, 0.6) is 0 Å². The van der Waals surface area contributed by atoms with Gasteiger partial charge in [0, 0.05) is 23.1 Å². The number of nitrogens with zero attached hydrogens (tertiary/aromatic N) is 2. The molecule has 1 heterocycles. The summed E-state index contributed by atoms with van der Waals surface area (Å²) in [5.41, 5.74) is -0.128. The molecule has 8 nitrogen and oxygen atoms in total. The van der Waals surface area contributed by atoms with Crippen molar-refractivity contribution in [2.24, 2.45) is 0 Å². The third-order valence-electron chi connectivity index (χ3n) is 4.17. The Morgan fingerprint density at radius 3 is 2.29 bits per heavy atom. The summed E-state index contributed by atoms with van der Waals surface area (Å²) in [7, 11) is 0. The van der Waals surface area contributed by atoms with Crippen molar-refractivity contribution in [3.05, 3.63) is 70.1 Å². The van der Waals surface area contributed by atoms with Gasteiger partial charge in [-0.2, -0.15) is 5.10 Å². The standard InChI is InChI=1S/C20H17N3O5/c1-2-17(25)21-13-9-7-12(8-10-13)16(24)11-23-19(26)15-6-4-3-5-14(15)18(22-23)20(27)28/h3-10H,2,11H2,1H3,(H,21,25)(H,27,28)/p-1. The molecule has 1 aromatic heterocycles. The second-order valence-electron chi connectivity index (χ2n) is 6.05. The number of anilines is 1. The van der Waals surface area contributed by atoms with Gasteiger partial charge in [0.2, 0.25) is 5.91 Å². The highest BCUT2D eigenvalue weighted by molar-refractivity contribution is 6.01. The molecule has 28 heavy (non-hydrogen) atoms. The molecule has 0 bridgehead atoms. The fourth-order valence-electron chi connectivity index (χ4n) is 2.71. The molecular weight excluding hydrogens is 362 g/mol. The maximum absolute atomic E-state index is 12.6. The van der Waals surface area contributed by atoms with Gasteiger partial charge in [-0.3, -0.25) is 14.4 Å². The minimum Gasteiger partial charge on any atom is -0.543 e. The van der Waals surface area contributed by atoms with E-state index in [2.05, 4.69) is 10.4 Å². The normalized spacial score (nSPS) is 10.6. The number of Topliss-reactive ketones (excluding diaryl/α,β-unsaturated/α-hetero) is 1. The Morgan fingerprint density at radius 1 is 1.04 bits per heavy atom. The molecule has 8 heteroatoms. The number of carbonyl (C=O) groups excluding carboxylic acids is 3. The molecule has 0 unspecified atom stereocenters. The highest BCUT2D eigenvalue weighted by atomic mass is 16.4. The van der Waals surface area contributed by atoms with E-state index in [-0.39, 0.29) is 16.7 Å². The van der Waals surface area contributed by atoms with Crippen LogP contribution in [0.3, 0.4) is 0 Å². The first-order valence-corrected chi connectivity index (χ1v) is 8.55. The number of fused-ring (bicyclic) bond motifs is 1. The summed E-state index contributed by atoms with van der Waals surface area (Å²) < 4.78 is 0.822. The van der Waals surface area contributed by atoms with Crippen LogP contribution < -0.4 is 16.0 Å². The van der Waals surface area contributed by atoms with Crippen molar-refractivity contribution in [3.63, 3.8) is 0 Å². The molecule has 0 saturated heterocycles. The summed E-state index contributed by atoms with van der Waals surface area (Å²) in [5.74, 6) is -2.11. The van der Waals surface area contributed by atoms with Gasteiger partial charge in [-0.15, -0.1) is 0 Å². The number of carboxylic acid groups (broad SMARTS) is 1. The fraction of sp³-hybridized carbons (Fsp3) is 0.150. The third-order valence-corrected chi connectivity index (χ3v) is 4.17. The van der Waals surface area contributed by atoms with Crippen LogP contribution in [-0.4, -0.2) is 27.4 Å². The van der Waals surface area contributed by atoms with E-state index in [4.69, 9.17) is 0 Å². The van der Waals surface area contributed by atoms with Gasteiger partial charge in [0.05, 0.1) is 11.4 Å². The van der Waals surface area contributed by atoms with E-state index in [1.54, 1.807) is 31.2 Å². The van der Waals surface area contributed by atoms with Crippen molar-refractivity contribution < 1.29 is 19.5 Å². The van der Waals surface area contributed by atoms with Gasteiger partial charge in [0.15, 0.2) is 5.78 Å². The number of amides is 1. The fourth-order valence-corrected chi connectivity index (χ4v) is 2.71. The Balaban J connectivity index is 1.91. The molecule has 0 spiro atoms. The van der Waals surface area contributed by atoms with Gasteiger partial charge >= 0.3 is 0 Å². The van der Waals surface area contributed by atoms with Gasteiger partial charge < -0.3 is 15.2 Å². The molecule has 1 N–H and O–H groups in total. The van der Waals surface area contributed by atoms with E-state index in [0.29, 0.717) is 17.7 Å². The highest BCUT2D eigenvalue weighted by Crippen LogP contribution is 2.14. The average molecular weight is 378 g/mol. The summed E-state index contributed by atoms with van der Waals surface area (Å²) in [4.78, 5) is 47.9. The zero-order valence-electron chi connectivity index (χ0n) is 15.0. The molecule has 0 saturated carbocycles. The summed E-state index contributed by atoms with van der Waals surface area (Å²) in [6, 6.07) is 12.3. The molecule has 0 aliphatic heterocycles. The van der Waals surface area contributed by atoms with Crippen LogP contribution in [0.4, 0.5) is 5.69 Å². The molecule has 3 aromatic rings. The molecule has 142 valence electrons. The molecule has 3 rings (SSSR count). The van der Waals surface area contributed by atoms with E-state index in [0.717, 1.165) is 4.68 Å². The number of benzene rings is 2. The number of carboxylic acids is 1. The topological polar surface area (TPSA) is 121 Å². The Hall–Kier alpha value is -3.81. The van der Waals surface area contributed by atoms with E-state index in [1.165, 1.54) is 24.3 Å². The number of aromatic carboxylic acids is 1. The molecule has 0 fully saturated rings. The zero-order chi connectivity index (χ0) is 20.3. The second kappa shape index (κ2) is 7.83. The van der Waals surface area contributed by atoms with Gasteiger partial charge in [-0.25, -0.2) is 4.68 Å². The van der Waals surface area contributed by atoms with Gasteiger partial charge in [-0.1, -0.05) is 25.1 Å². The predicted octanol–water partition coefficient (Wildman–Crippen LogP) is 0.991. The number of ketones is 1. The Morgan fingerprint density at radius 2 is 1.68 bits per heavy atom. The lowest BCUT2D eigenvalue weighted by Crippen LogP contribution is -2.32. The van der Waals surface area contributed by atoms with Gasteiger partial charge in [-0.05, 0) is 30.3 Å². The van der Waals surface area contributed by atoms with E-state index in [9.17, 15) is 24.3 Å². The van der Waals surface area contributed by atoms with E-state index in [1.807, 2.05) is 0 Å². The Labute approximate surface area is 159 Å². The van der Waals surface area contributed by atoms with Crippen LogP contribution in [0.1, 0.15) is 34.2 Å². The molecule has 0 aliphatic rings. The molecule has 1 amide bonds. The van der Waals surface area contributed by atoms with Crippen LogP contribution in [0.25, 0.3) is 10.8 Å². The number of rotatable bonds is 6. The average Bonchev–Trinajstić information content (AvgIpc) is 2.70. The summed E-state index contributed by atoms with van der Waals surface area (Å²) >= 11 is 0. The number of hydrogen-bond acceptors (Lipinski definition) is 6. The van der Waals surface area contributed by atoms with Crippen LogP contribution in [0, 0.1) is 0 Å². The molecule has 0 atom stereocenters. The largest absolute Gasteiger partial charge is 0.543 e. The van der Waals surface area contributed by atoms with E-state index < -0.39 is 29.6 Å². The van der Waals surface area contributed by atoms with E-state index >= 15 is 0 Å². The van der Waals surface area contributed by atoms with Crippen molar-refractivity contribution in [2.45, 2.75) is 19.9 Å². The molecule has 0 aliphatic carbocycles. The SMILES string of the molecule is CCC(=O)Nc1ccc(C(=O)Cn2nc(C(=O)[O-])c3ccccc3c2=O)cc1. The highest BCUT2D eigenvalue weighted by Gasteiger charge is 2.14. The van der Waals surface area contributed by atoms with Crippen LogP contribution in [0.2, 0.25) is 0 Å². The van der Waals surface area contributed by atoms with Crippen LogP contribution in [0.15, 0.2) is 53.3 Å². The second-order valence-corrected chi connectivity index (χ2v) is 6.05. The van der Waals surface area contributed by atoms with Crippen molar-refractivity contribution in [1.82, 2.24) is 9.78 Å². The van der Waals surface area contributed by atoms with Crippen LogP contribution in [-0.2, 0) is 11.3 Å². The quantitative estimate of drug-likeness (QED) is 0.639. The maximum atomic E-state index is 12.6. The summed E-state index contributed by atoms with van der Waals surface area (Å²) in [6.45, 7) is 1.30. The van der Waals surface area contributed by atoms with Gasteiger partial charge in [0.1, 0.15) is 12.2 Å². The zero-order valence-corrected chi connectivity index (χ0v) is 15.0. The first kappa shape index (κ1) is 19.0. The first-order valence-electron chi connectivity index (χ1n) is 8.55. The number of carbonyl (C=O) groups is 3. The number of hydrogen-bond donors (Lipinski definition) is 1. The summed E-state index contributed by atoms with van der Waals surface area (Å²) in [6.07, 6.45) is 0.331. The Kier molecular flexibility index (Phi) is 5.30. The third kappa shape index (κ3) is 3.80. The summed E-state index contributed by atoms with van der Waals surface area (Å²) in [5, 5.41) is 18.1. The minimum atomic E-state index is -1.53. The lowest BCUT2D eigenvalue weighted by Gasteiger charge is -2.11. The molecular formula is C20H16N3O5-. The monoisotopic (exact) mass is 378 g/mol. The Bertz CT molecular complexity index is 1130. The van der Waals surface area contributed by atoms with Crippen molar-refractivity contribution >= 4 is 34.1 Å². The maximum Gasteiger partial charge on any atom is 0.275 e. The van der Waals surface area contributed by atoms with Gasteiger partial charge in [0.25, 0.3) is 5.56 Å². The number of nitrogens with one attached hydrogen (secondary N) is 1. The lowest BCUT2D eigenvalue weighted by molar-refractivity contribution is -0.255.